The molecule has 0 saturated carbocycles. The fourth-order valence-corrected chi connectivity index (χ4v) is 1.71. The van der Waals surface area contributed by atoms with E-state index in [0.29, 0.717) is 19.6 Å². The first kappa shape index (κ1) is 15.0. The summed E-state index contributed by atoms with van der Waals surface area (Å²) < 4.78 is 0. The van der Waals surface area contributed by atoms with Crippen LogP contribution in [0.2, 0.25) is 0 Å². The van der Waals surface area contributed by atoms with Gasteiger partial charge in [0.2, 0.25) is 0 Å². The minimum absolute atomic E-state index is 0.0380. The van der Waals surface area contributed by atoms with E-state index in [1.165, 1.54) is 0 Å². The molecule has 1 aliphatic rings. The topological polar surface area (TPSA) is 61.4 Å². The molecule has 0 atom stereocenters. The molecule has 0 spiro atoms. The molecule has 1 aliphatic heterocycles. The van der Waals surface area contributed by atoms with E-state index in [1.807, 2.05) is 0 Å². The molecule has 2 N–H and O–H groups in total. The second-order valence-electron chi connectivity index (χ2n) is 5.60. The summed E-state index contributed by atoms with van der Waals surface area (Å²) in [6.45, 7) is 9.73. The van der Waals surface area contributed by atoms with Gasteiger partial charge in [0.1, 0.15) is 0 Å². The molecule has 0 aromatic carbocycles. The number of nitrogens with zero attached hydrogens (tertiary/aromatic N) is 1. The molecule has 0 bridgehead atoms. The van der Waals surface area contributed by atoms with Gasteiger partial charge in [-0.1, -0.05) is 20.8 Å². The Hall–Kier alpha value is -1.10. The van der Waals surface area contributed by atoms with Crippen LogP contribution in [0.5, 0.6) is 0 Å². The fourth-order valence-electron chi connectivity index (χ4n) is 1.71. The molecule has 1 fully saturated rings. The second-order valence-corrected chi connectivity index (χ2v) is 5.60. The lowest BCUT2D eigenvalue weighted by molar-refractivity contribution is -0.145. The summed E-state index contributed by atoms with van der Waals surface area (Å²) >= 11 is 0. The van der Waals surface area contributed by atoms with Crippen molar-refractivity contribution in [3.63, 3.8) is 0 Å². The van der Waals surface area contributed by atoms with Gasteiger partial charge in [-0.05, 0) is 24.8 Å². The molecule has 1 saturated heterocycles. The van der Waals surface area contributed by atoms with Crippen molar-refractivity contribution in [1.29, 1.82) is 0 Å². The summed E-state index contributed by atoms with van der Waals surface area (Å²) in [4.78, 5) is 25.4. The molecule has 0 aliphatic carbocycles. The van der Waals surface area contributed by atoms with Gasteiger partial charge in [0.15, 0.2) is 0 Å². The molecular weight excluding hydrogens is 230 g/mol. The van der Waals surface area contributed by atoms with Gasteiger partial charge in [-0.15, -0.1) is 0 Å². The van der Waals surface area contributed by atoms with Crippen molar-refractivity contribution < 1.29 is 9.59 Å². The zero-order valence-electron chi connectivity index (χ0n) is 11.7. The van der Waals surface area contributed by atoms with Gasteiger partial charge in [0.05, 0.1) is 0 Å². The molecule has 2 amide bonds. The highest BCUT2D eigenvalue weighted by molar-refractivity contribution is 6.35. The number of carbonyl (C=O) groups excluding carboxylic acids is 2. The predicted molar refractivity (Wildman–Crippen MR) is 71.1 cm³/mol. The zero-order chi connectivity index (χ0) is 13.6. The Labute approximate surface area is 109 Å². The zero-order valence-corrected chi connectivity index (χ0v) is 11.7. The van der Waals surface area contributed by atoms with E-state index in [0.717, 1.165) is 25.9 Å². The standard InChI is InChI=1S/C13H25N3O2/c1-4-13(2,3)10-15-11(17)12(18)16-8-5-6-14-7-9-16/h14H,4-10H2,1-3H3,(H,15,17). The Morgan fingerprint density at radius 3 is 2.67 bits per heavy atom. The van der Waals surface area contributed by atoms with Crippen LogP contribution in [0.4, 0.5) is 0 Å². The average molecular weight is 255 g/mol. The number of hydrogen-bond acceptors (Lipinski definition) is 3. The van der Waals surface area contributed by atoms with Gasteiger partial charge in [-0.2, -0.15) is 0 Å². The maximum Gasteiger partial charge on any atom is 0.311 e. The molecule has 5 nitrogen and oxygen atoms in total. The van der Waals surface area contributed by atoms with Crippen LogP contribution in [-0.4, -0.2) is 49.4 Å². The van der Waals surface area contributed by atoms with Crippen LogP contribution in [0.1, 0.15) is 33.6 Å². The summed E-state index contributed by atoms with van der Waals surface area (Å²) in [6.07, 6.45) is 1.87. The minimum atomic E-state index is -0.474. The molecule has 0 unspecified atom stereocenters. The number of rotatable bonds is 3. The molecule has 18 heavy (non-hydrogen) atoms. The predicted octanol–water partition coefficient (Wildman–Crippen LogP) is 0.361. The molecule has 0 aromatic rings. The molecule has 104 valence electrons. The summed E-state index contributed by atoms with van der Waals surface area (Å²) in [7, 11) is 0. The minimum Gasteiger partial charge on any atom is -0.347 e. The van der Waals surface area contributed by atoms with Crippen LogP contribution < -0.4 is 10.6 Å². The first-order valence-corrected chi connectivity index (χ1v) is 6.74. The van der Waals surface area contributed by atoms with Gasteiger partial charge >= 0.3 is 11.8 Å². The lowest BCUT2D eigenvalue weighted by atomic mass is 9.90. The van der Waals surface area contributed by atoms with Crippen molar-refractivity contribution in [3.8, 4) is 0 Å². The Morgan fingerprint density at radius 2 is 2.00 bits per heavy atom. The van der Waals surface area contributed by atoms with Crippen LogP contribution in [0.15, 0.2) is 0 Å². The van der Waals surface area contributed by atoms with Crippen molar-refractivity contribution in [2.24, 2.45) is 5.41 Å². The number of carbonyl (C=O) groups is 2. The normalized spacial score (nSPS) is 17.2. The van der Waals surface area contributed by atoms with Gasteiger partial charge in [-0.3, -0.25) is 9.59 Å². The second kappa shape index (κ2) is 6.73. The molecule has 0 radical (unpaired) electrons. The smallest absolute Gasteiger partial charge is 0.311 e. The highest BCUT2D eigenvalue weighted by Crippen LogP contribution is 2.17. The molecule has 0 aromatic heterocycles. The first-order valence-electron chi connectivity index (χ1n) is 6.74. The summed E-state index contributed by atoms with van der Waals surface area (Å²) in [5, 5.41) is 5.95. The Bertz CT molecular complexity index is 295. The lowest BCUT2D eigenvalue weighted by Crippen LogP contribution is -2.46. The largest absolute Gasteiger partial charge is 0.347 e. The molecule has 5 heteroatoms. The molecule has 1 rings (SSSR count). The first-order chi connectivity index (χ1) is 8.46. The SMILES string of the molecule is CCC(C)(C)CNC(=O)C(=O)N1CCCNCC1. The van der Waals surface area contributed by atoms with E-state index < -0.39 is 11.8 Å². The van der Waals surface area contributed by atoms with E-state index in [2.05, 4.69) is 31.4 Å². The summed E-state index contributed by atoms with van der Waals surface area (Å²) in [6, 6.07) is 0. The van der Waals surface area contributed by atoms with Crippen molar-refractivity contribution in [2.45, 2.75) is 33.6 Å². The Morgan fingerprint density at radius 1 is 1.28 bits per heavy atom. The van der Waals surface area contributed by atoms with Crippen LogP contribution in [-0.2, 0) is 9.59 Å². The van der Waals surface area contributed by atoms with Crippen LogP contribution in [0.3, 0.4) is 0 Å². The fraction of sp³-hybridized carbons (Fsp3) is 0.846. The van der Waals surface area contributed by atoms with Gasteiger partial charge < -0.3 is 15.5 Å². The van der Waals surface area contributed by atoms with E-state index in [4.69, 9.17) is 0 Å². The van der Waals surface area contributed by atoms with E-state index >= 15 is 0 Å². The van der Waals surface area contributed by atoms with Crippen LogP contribution >= 0.6 is 0 Å². The quantitative estimate of drug-likeness (QED) is 0.716. The van der Waals surface area contributed by atoms with E-state index in [9.17, 15) is 9.59 Å². The van der Waals surface area contributed by atoms with Crippen molar-refractivity contribution in [1.82, 2.24) is 15.5 Å². The van der Waals surface area contributed by atoms with Crippen molar-refractivity contribution in [2.75, 3.05) is 32.7 Å². The van der Waals surface area contributed by atoms with Gasteiger partial charge in [-0.25, -0.2) is 0 Å². The maximum atomic E-state index is 11.9. The lowest BCUT2D eigenvalue weighted by Gasteiger charge is -2.24. The third-order valence-electron chi connectivity index (χ3n) is 3.51. The monoisotopic (exact) mass is 255 g/mol. The average Bonchev–Trinajstić information content (AvgIpc) is 2.64. The van der Waals surface area contributed by atoms with Crippen LogP contribution in [0.25, 0.3) is 0 Å². The van der Waals surface area contributed by atoms with Crippen LogP contribution in [0, 0.1) is 5.41 Å². The third kappa shape index (κ3) is 4.64. The highest BCUT2D eigenvalue weighted by atomic mass is 16.2. The van der Waals surface area contributed by atoms with E-state index in [1.54, 1.807) is 4.90 Å². The van der Waals surface area contributed by atoms with Gasteiger partial charge in [0.25, 0.3) is 0 Å². The highest BCUT2D eigenvalue weighted by Gasteiger charge is 2.24. The molecule has 1 heterocycles. The van der Waals surface area contributed by atoms with Gasteiger partial charge in [0, 0.05) is 26.2 Å². The maximum absolute atomic E-state index is 11.9. The van der Waals surface area contributed by atoms with Crippen molar-refractivity contribution in [3.05, 3.63) is 0 Å². The summed E-state index contributed by atoms with van der Waals surface area (Å²) in [5.41, 5.74) is 0.0380. The Kier molecular flexibility index (Phi) is 5.59. The number of nitrogens with one attached hydrogen (secondary N) is 2. The number of amides is 2. The molecular formula is C13H25N3O2. The Balaban J connectivity index is 2.43. The summed E-state index contributed by atoms with van der Waals surface area (Å²) in [5.74, 6) is -0.871. The number of hydrogen-bond donors (Lipinski definition) is 2. The third-order valence-corrected chi connectivity index (χ3v) is 3.51. The van der Waals surface area contributed by atoms with Crippen molar-refractivity contribution >= 4 is 11.8 Å². The van der Waals surface area contributed by atoms with E-state index in [-0.39, 0.29) is 5.41 Å².